The minimum absolute atomic E-state index is 0.229. The Morgan fingerprint density at radius 2 is 1.56 bits per heavy atom. The van der Waals surface area contributed by atoms with Gasteiger partial charge in [-0.3, -0.25) is 10.1 Å². The fraction of sp³-hybridized carbons (Fsp3) is 0.100. The van der Waals surface area contributed by atoms with E-state index in [0.29, 0.717) is 12.3 Å². The zero-order valence-corrected chi connectivity index (χ0v) is 13.6. The van der Waals surface area contributed by atoms with Gasteiger partial charge >= 0.3 is 6.03 Å². The first-order valence-corrected chi connectivity index (χ1v) is 7.94. The molecule has 0 aromatic heterocycles. The lowest BCUT2D eigenvalue weighted by Crippen LogP contribution is -2.41. The first-order valence-electron chi connectivity index (χ1n) is 7.94. The third kappa shape index (κ3) is 4.57. The Labute approximate surface area is 145 Å². The van der Waals surface area contributed by atoms with Crippen molar-refractivity contribution < 1.29 is 14.3 Å². The number of rotatable bonds is 5. The molecule has 0 atom stereocenters. The van der Waals surface area contributed by atoms with Gasteiger partial charge in [0.15, 0.2) is 6.61 Å². The predicted octanol–water partition coefficient (Wildman–Crippen LogP) is 3.24. The molecule has 0 saturated heterocycles. The van der Waals surface area contributed by atoms with E-state index in [0.717, 1.165) is 16.3 Å². The molecule has 126 valence electrons. The van der Waals surface area contributed by atoms with Crippen LogP contribution in [0.5, 0.6) is 5.75 Å². The van der Waals surface area contributed by atoms with E-state index >= 15 is 0 Å². The van der Waals surface area contributed by atoms with Crippen LogP contribution in [0.25, 0.3) is 10.8 Å². The summed E-state index contributed by atoms with van der Waals surface area (Å²) >= 11 is 0. The monoisotopic (exact) mass is 334 g/mol. The van der Waals surface area contributed by atoms with Crippen LogP contribution in [0.1, 0.15) is 5.56 Å². The first kappa shape index (κ1) is 16.5. The van der Waals surface area contributed by atoms with Gasteiger partial charge < -0.3 is 10.1 Å². The molecule has 0 saturated carbocycles. The van der Waals surface area contributed by atoms with Crippen LogP contribution in [0.3, 0.4) is 0 Å². The molecule has 3 aromatic rings. The van der Waals surface area contributed by atoms with Gasteiger partial charge in [0.05, 0.1) is 0 Å². The second kappa shape index (κ2) is 7.97. The van der Waals surface area contributed by atoms with Crippen LogP contribution in [-0.4, -0.2) is 18.5 Å². The van der Waals surface area contributed by atoms with Gasteiger partial charge in [-0.15, -0.1) is 0 Å². The third-order valence-electron chi connectivity index (χ3n) is 3.66. The van der Waals surface area contributed by atoms with E-state index in [9.17, 15) is 9.59 Å². The molecule has 3 rings (SSSR count). The highest BCUT2D eigenvalue weighted by Crippen LogP contribution is 2.24. The maximum absolute atomic E-state index is 11.9. The molecule has 0 aliphatic heterocycles. The lowest BCUT2D eigenvalue weighted by atomic mass is 10.1. The molecule has 5 heteroatoms. The highest BCUT2D eigenvalue weighted by atomic mass is 16.5. The number of carbonyl (C=O) groups excluding carboxylic acids is 2. The predicted molar refractivity (Wildman–Crippen MR) is 96.3 cm³/mol. The van der Waals surface area contributed by atoms with Crippen molar-refractivity contribution in [3.05, 3.63) is 78.4 Å². The Kier molecular flexibility index (Phi) is 5.26. The van der Waals surface area contributed by atoms with Gasteiger partial charge in [-0.05, 0) is 17.0 Å². The van der Waals surface area contributed by atoms with Gasteiger partial charge in [0.1, 0.15) is 5.75 Å². The number of fused-ring (bicyclic) bond motifs is 1. The Hall–Kier alpha value is -3.34. The minimum Gasteiger partial charge on any atom is -0.483 e. The van der Waals surface area contributed by atoms with Gasteiger partial charge in [0.2, 0.25) is 0 Å². The van der Waals surface area contributed by atoms with Crippen molar-refractivity contribution in [2.24, 2.45) is 0 Å². The summed E-state index contributed by atoms with van der Waals surface area (Å²) in [4.78, 5) is 23.6. The summed E-state index contributed by atoms with van der Waals surface area (Å²) in [5.74, 6) is 0.108. The van der Waals surface area contributed by atoms with Crippen molar-refractivity contribution in [2.75, 3.05) is 6.61 Å². The number of hydrogen-bond acceptors (Lipinski definition) is 3. The van der Waals surface area contributed by atoms with Crippen molar-refractivity contribution >= 4 is 22.7 Å². The maximum Gasteiger partial charge on any atom is 0.321 e. The molecule has 2 N–H and O–H groups in total. The Bertz CT molecular complexity index is 873. The van der Waals surface area contributed by atoms with Crippen LogP contribution in [0.15, 0.2) is 72.8 Å². The molecule has 25 heavy (non-hydrogen) atoms. The van der Waals surface area contributed by atoms with E-state index in [2.05, 4.69) is 10.6 Å². The molecule has 0 fully saturated rings. The topological polar surface area (TPSA) is 67.4 Å². The third-order valence-corrected chi connectivity index (χ3v) is 3.66. The normalized spacial score (nSPS) is 10.2. The zero-order valence-electron chi connectivity index (χ0n) is 13.6. The summed E-state index contributed by atoms with van der Waals surface area (Å²) in [6, 6.07) is 22.3. The summed E-state index contributed by atoms with van der Waals surface area (Å²) < 4.78 is 5.55. The fourth-order valence-corrected chi connectivity index (χ4v) is 2.45. The van der Waals surface area contributed by atoms with Crippen LogP contribution >= 0.6 is 0 Å². The number of amides is 3. The van der Waals surface area contributed by atoms with Crippen molar-refractivity contribution in [1.82, 2.24) is 10.6 Å². The van der Waals surface area contributed by atoms with Crippen LogP contribution in [0.4, 0.5) is 4.79 Å². The second-order valence-corrected chi connectivity index (χ2v) is 5.48. The van der Waals surface area contributed by atoms with Crippen LogP contribution < -0.4 is 15.4 Å². The number of hydrogen-bond donors (Lipinski definition) is 2. The molecule has 0 aliphatic rings. The fourth-order valence-electron chi connectivity index (χ4n) is 2.45. The van der Waals surface area contributed by atoms with E-state index in [-0.39, 0.29) is 6.61 Å². The van der Waals surface area contributed by atoms with Gasteiger partial charge in [0.25, 0.3) is 5.91 Å². The van der Waals surface area contributed by atoms with Gasteiger partial charge in [-0.1, -0.05) is 66.7 Å². The average molecular weight is 334 g/mol. The van der Waals surface area contributed by atoms with E-state index < -0.39 is 11.9 Å². The zero-order chi connectivity index (χ0) is 17.5. The lowest BCUT2D eigenvalue weighted by Gasteiger charge is -2.10. The molecule has 0 spiro atoms. The van der Waals surface area contributed by atoms with Crippen molar-refractivity contribution in [3.63, 3.8) is 0 Å². The van der Waals surface area contributed by atoms with Gasteiger partial charge in [0, 0.05) is 11.9 Å². The number of benzene rings is 3. The van der Waals surface area contributed by atoms with E-state index in [4.69, 9.17) is 4.74 Å². The van der Waals surface area contributed by atoms with Crippen LogP contribution in [0.2, 0.25) is 0 Å². The van der Waals surface area contributed by atoms with E-state index in [1.54, 1.807) is 6.07 Å². The quantitative estimate of drug-likeness (QED) is 0.753. The van der Waals surface area contributed by atoms with Crippen molar-refractivity contribution in [1.29, 1.82) is 0 Å². The molecule has 0 unspecified atom stereocenters. The smallest absolute Gasteiger partial charge is 0.321 e. The average Bonchev–Trinajstić information content (AvgIpc) is 2.65. The molecule has 3 aromatic carbocycles. The first-order chi connectivity index (χ1) is 12.2. The van der Waals surface area contributed by atoms with Gasteiger partial charge in [-0.2, -0.15) is 0 Å². The molecule has 0 bridgehead atoms. The number of nitrogens with one attached hydrogen (secondary N) is 2. The molecular weight excluding hydrogens is 316 g/mol. The van der Waals surface area contributed by atoms with Gasteiger partial charge in [-0.25, -0.2) is 4.79 Å². The lowest BCUT2D eigenvalue weighted by molar-refractivity contribution is -0.121. The highest BCUT2D eigenvalue weighted by molar-refractivity contribution is 5.95. The largest absolute Gasteiger partial charge is 0.483 e. The standard InChI is InChI=1S/C20H18N2O3/c23-19(22-20(24)21-13-15-7-2-1-3-8-15)14-25-18-12-6-10-16-9-4-5-11-17(16)18/h1-12H,13-14H2,(H2,21,22,23,24). The number of imide groups is 1. The molecule has 3 amide bonds. The molecule has 5 nitrogen and oxygen atoms in total. The summed E-state index contributed by atoms with van der Waals surface area (Å²) in [6.45, 7) is 0.122. The Morgan fingerprint density at radius 3 is 2.40 bits per heavy atom. The number of urea groups is 1. The Balaban J connectivity index is 1.50. The van der Waals surface area contributed by atoms with Crippen LogP contribution in [0, 0.1) is 0 Å². The SMILES string of the molecule is O=C(COc1cccc2ccccc12)NC(=O)NCc1ccccc1. The molecular formula is C20H18N2O3. The summed E-state index contributed by atoms with van der Waals surface area (Å²) in [7, 11) is 0. The summed E-state index contributed by atoms with van der Waals surface area (Å²) in [6.07, 6.45) is 0. The highest BCUT2D eigenvalue weighted by Gasteiger charge is 2.09. The molecule has 0 aliphatic carbocycles. The van der Waals surface area contributed by atoms with E-state index in [1.165, 1.54) is 0 Å². The second-order valence-electron chi connectivity index (χ2n) is 5.48. The van der Waals surface area contributed by atoms with E-state index in [1.807, 2.05) is 66.7 Å². The summed E-state index contributed by atoms with van der Waals surface area (Å²) in [5.41, 5.74) is 0.956. The Morgan fingerprint density at radius 1 is 0.840 bits per heavy atom. The number of ether oxygens (including phenoxy) is 1. The van der Waals surface area contributed by atoms with Crippen molar-refractivity contribution in [3.8, 4) is 5.75 Å². The molecule has 0 heterocycles. The summed E-state index contributed by atoms with van der Waals surface area (Å²) in [5, 5.41) is 6.84. The molecule has 0 radical (unpaired) electrons. The maximum atomic E-state index is 11.9. The minimum atomic E-state index is -0.546. The van der Waals surface area contributed by atoms with Crippen molar-refractivity contribution in [2.45, 2.75) is 6.54 Å². The van der Waals surface area contributed by atoms with Crippen LogP contribution in [-0.2, 0) is 11.3 Å². The number of carbonyl (C=O) groups is 2.